The fourth-order valence-electron chi connectivity index (χ4n) is 2.49. The first-order valence-electron chi connectivity index (χ1n) is 7.53. The maximum Gasteiger partial charge on any atom is 0.409 e. The Kier molecular flexibility index (Phi) is 5.59. The van der Waals surface area contributed by atoms with E-state index in [1.807, 2.05) is 0 Å². The van der Waals surface area contributed by atoms with Gasteiger partial charge in [-0.2, -0.15) is 0 Å². The Bertz CT molecular complexity index is 670. The molecule has 23 heavy (non-hydrogen) atoms. The van der Waals surface area contributed by atoms with E-state index < -0.39 is 21.9 Å². The largest absolute Gasteiger partial charge is 0.450 e. The molecular weight excluding hydrogens is 323 g/mol. The third-order valence-electron chi connectivity index (χ3n) is 3.72. The van der Waals surface area contributed by atoms with Crippen LogP contribution < -0.4 is 4.72 Å². The van der Waals surface area contributed by atoms with E-state index in [1.54, 1.807) is 18.7 Å². The number of amides is 1. The lowest BCUT2D eigenvalue weighted by molar-refractivity contribution is 0.0966. The fraction of sp³-hybridized carbons (Fsp3) is 0.533. The number of sulfonamides is 1. The molecule has 6 nitrogen and oxygen atoms in total. The van der Waals surface area contributed by atoms with Gasteiger partial charge in [-0.15, -0.1) is 0 Å². The van der Waals surface area contributed by atoms with Crippen molar-refractivity contribution in [2.24, 2.45) is 0 Å². The molecule has 1 heterocycles. The summed E-state index contributed by atoms with van der Waals surface area (Å²) in [5.41, 5.74) is 0.670. The van der Waals surface area contributed by atoms with Crippen LogP contribution in [0, 0.1) is 12.7 Å². The normalized spacial score (nSPS) is 16.4. The molecule has 1 N–H and O–H groups in total. The minimum atomic E-state index is -3.92. The SMILES string of the molecule is CCOC(=O)N1CCC(NS(=O)(=O)c2cc(C)ccc2F)CC1. The first kappa shape index (κ1) is 17.7. The Labute approximate surface area is 135 Å². The summed E-state index contributed by atoms with van der Waals surface area (Å²) in [5, 5.41) is 0. The van der Waals surface area contributed by atoms with E-state index in [-0.39, 0.29) is 10.9 Å². The number of carbonyl (C=O) groups excluding carboxylic acids is 1. The summed E-state index contributed by atoms with van der Waals surface area (Å²) in [4.78, 5) is 12.8. The molecule has 1 aliphatic heterocycles. The Morgan fingerprint density at radius 3 is 2.65 bits per heavy atom. The zero-order valence-corrected chi connectivity index (χ0v) is 14.0. The van der Waals surface area contributed by atoms with Crippen LogP contribution in [-0.2, 0) is 14.8 Å². The van der Waals surface area contributed by atoms with Crippen LogP contribution in [0.25, 0.3) is 0 Å². The minimum Gasteiger partial charge on any atom is -0.450 e. The number of carbonyl (C=O) groups is 1. The number of halogens is 1. The summed E-state index contributed by atoms with van der Waals surface area (Å²) in [6.07, 6.45) is 0.537. The number of piperidine rings is 1. The molecule has 1 aliphatic rings. The van der Waals surface area contributed by atoms with Gasteiger partial charge in [-0.3, -0.25) is 0 Å². The number of nitrogens with one attached hydrogen (secondary N) is 1. The highest BCUT2D eigenvalue weighted by Crippen LogP contribution is 2.19. The molecular formula is C15H21FN2O4S. The molecule has 8 heteroatoms. The second kappa shape index (κ2) is 7.27. The molecule has 0 radical (unpaired) electrons. The van der Waals surface area contributed by atoms with E-state index in [2.05, 4.69) is 4.72 Å². The predicted octanol–water partition coefficient (Wildman–Crippen LogP) is 2.03. The van der Waals surface area contributed by atoms with Crippen LogP contribution in [-0.4, -0.2) is 45.1 Å². The van der Waals surface area contributed by atoms with Crippen molar-refractivity contribution >= 4 is 16.1 Å². The van der Waals surface area contributed by atoms with Crippen LogP contribution in [0.2, 0.25) is 0 Å². The van der Waals surface area contributed by atoms with Gasteiger partial charge >= 0.3 is 6.09 Å². The Morgan fingerprint density at radius 1 is 1.39 bits per heavy atom. The van der Waals surface area contributed by atoms with E-state index in [1.165, 1.54) is 12.1 Å². The highest BCUT2D eigenvalue weighted by atomic mass is 32.2. The van der Waals surface area contributed by atoms with Crippen LogP contribution >= 0.6 is 0 Å². The van der Waals surface area contributed by atoms with Crippen LogP contribution in [0.5, 0.6) is 0 Å². The van der Waals surface area contributed by atoms with Gasteiger partial charge in [0.1, 0.15) is 10.7 Å². The van der Waals surface area contributed by atoms with E-state index in [9.17, 15) is 17.6 Å². The standard InChI is InChI=1S/C15H21FN2O4S/c1-3-22-15(19)18-8-6-12(7-9-18)17-23(20,21)14-10-11(2)4-5-13(14)16/h4-5,10,12,17H,3,6-9H2,1-2H3. The molecule has 0 atom stereocenters. The maximum atomic E-state index is 13.8. The van der Waals surface area contributed by atoms with E-state index in [0.717, 1.165) is 6.07 Å². The highest BCUT2D eigenvalue weighted by molar-refractivity contribution is 7.89. The number of nitrogens with zero attached hydrogens (tertiary/aromatic N) is 1. The van der Waals surface area contributed by atoms with Crippen LogP contribution in [0.15, 0.2) is 23.1 Å². The van der Waals surface area contributed by atoms with Crippen molar-refractivity contribution in [2.75, 3.05) is 19.7 Å². The third-order valence-corrected chi connectivity index (χ3v) is 5.25. The lowest BCUT2D eigenvalue weighted by Gasteiger charge is -2.31. The van der Waals surface area contributed by atoms with Crippen molar-refractivity contribution in [3.05, 3.63) is 29.6 Å². The zero-order valence-electron chi connectivity index (χ0n) is 13.2. The number of hydrogen-bond acceptors (Lipinski definition) is 4. The number of ether oxygens (including phenoxy) is 1. The maximum absolute atomic E-state index is 13.8. The molecule has 0 bridgehead atoms. The van der Waals surface area contributed by atoms with Gasteiger partial charge in [0.2, 0.25) is 10.0 Å². The van der Waals surface area contributed by atoms with Gasteiger partial charge in [0.15, 0.2) is 0 Å². The Morgan fingerprint density at radius 2 is 2.04 bits per heavy atom. The molecule has 1 aromatic carbocycles. The first-order valence-corrected chi connectivity index (χ1v) is 9.02. The summed E-state index contributed by atoms with van der Waals surface area (Å²) in [6.45, 7) is 4.55. The van der Waals surface area contributed by atoms with Crippen LogP contribution in [0.3, 0.4) is 0 Å². The second-order valence-electron chi connectivity index (χ2n) is 5.52. The first-order chi connectivity index (χ1) is 10.8. The molecule has 0 saturated carbocycles. The number of hydrogen-bond donors (Lipinski definition) is 1. The van der Waals surface area contributed by atoms with E-state index in [0.29, 0.717) is 38.1 Å². The Hall–Kier alpha value is -1.67. The number of aryl methyl sites for hydroxylation is 1. The smallest absolute Gasteiger partial charge is 0.409 e. The van der Waals surface area contributed by atoms with Crippen molar-refractivity contribution in [1.82, 2.24) is 9.62 Å². The molecule has 1 saturated heterocycles. The summed E-state index contributed by atoms with van der Waals surface area (Å²) in [6, 6.07) is 3.65. The van der Waals surface area contributed by atoms with Crippen LogP contribution in [0.4, 0.5) is 9.18 Å². The van der Waals surface area contributed by atoms with Gasteiger partial charge < -0.3 is 9.64 Å². The zero-order chi connectivity index (χ0) is 17.0. The molecule has 1 aromatic rings. The molecule has 128 valence electrons. The van der Waals surface area contributed by atoms with Gasteiger partial charge in [-0.1, -0.05) is 6.07 Å². The minimum absolute atomic E-state index is 0.304. The average molecular weight is 344 g/mol. The molecule has 0 spiro atoms. The average Bonchev–Trinajstić information content (AvgIpc) is 2.50. The van der Waals surface area contributed by atoms with Crippen molar-refractivity contribution in [2.45, 2.75) is 37.6 Å². The number of benzene rings is 1. The fourth-order valence-corrected chi connectivity index (χ4v) is 3.96. The van der Waals surface area contributed by atoms with Crippen molar-refractivity contribution in [3.63, 3.8) is 0 Å². The Balaban J connectivity index is 2.00. The van der Waals surface area contributed by atoms with Crippen LogP contribution in [0.1, 0.15) is 25.3 Å². The van der Waals surface area contributed by atoms with Crippen molar-refractivity contribution in [1.29, 1.82) is 0 Å². The second-order valence-corrected chi connectivity index (χ2v) is 7.20. The number of likely N-dealkylation sites (tertiary alicyclic amines) is 1. The van der Waals surface area contributed by atoms with Gasteiger partial charge in [-0.25, -0.2) is 22.3 Å². The topological polar surface area (TPSA) is 75.7 Å². The molecule has 0 unspecified atom stereocenters. The van der Waals surface area contributed by atoms with Gasteiger partial charge in [-0.05, 0) is 44.4 Å². The van der Waals surface area contributed by atoms with Gasteiger partial charge in [0.05, 0.1) is 6.61 Å². The monoisotopic (exact) mass is 344 g/mol. The quantitative estimate of drug-likeness (QED) is 0.907. The molecule has 2 rings (SSSR count). The highest BCUT2D eigenvalue weighted by Gasteiger charge is 2.28. The summed E-state index contributed by atoms with van der Waals surface area (Å²) in [7, 11) is -3.92. The van der Waals surface area contributed by atoms with Gasteiger partial charge in [0, 0.05) is 19.1 Å². The third kappa shape index (κ3) is 4.42. The van der Waals surface area contributed by atoms with Crippen molar-refractivity contribution in [3.8, 4) is 0 Å². The molecule has 1 amide bonds. The van der Waals surface area contributed by atoms with E-state index in [4.69, 9.17) is 4.74 Å². The molecule has 0 aromatic heterocycles. The molecule has 0 aliphatic carbocycles. The van der Waals surface area contributed by atoms with Gasteiger partial charge in [0.25, 0.3) is 0 Å². The van der Waals surface area contributed by atoms with Crippen molar-refractivity contribution < 1.29 is 22.3 Å². The number of rotatable bonds is 4. The van der Waals surface area contributed by atoms with E-state index >= 15 is 0 Å². The molecule has 1 fully saturated rings. The summed E-state index contributed by atoms with van der Waals surface area (Å²) >= 11 is 0. The summed E-state index contributed by atoms with van der Waals surface area (Å²) in [5.74, 6) is -0.771. The lowest BCUT2D eigenvalue weighted by atomic mass is 10.1. The lowest BCUT2D eigenvalue weighted by Crippen LogP contribution is -2.46. The summed E-state index contributed by atoms with van der Waals surface area (Å²) < 4.78 is 45.9. The predicted molar refractivity (Wildman–Crippen MR) is 83.1 cm³/mol.